The van der Waals surface area contributed by atoms with Gasteiger partial charge in [0.25, 0.3) is 0 Å². The van der Waals surface area contributed by atoms with Crippen molar-refractivity contribution in [3.8, 4) is 0 Å². The van der Waals surface area contributed by atoms with Gasteiger partial charge in [0, 0.05) is 12.6 Å². The van der Waals surface area contributed by atoms with Gasteiger partial charge in [-0.15, -0.1) is 0 Å². The van der Waals surface area contributed by atoms with Crippen LogP contribution in [0.5, 0.6) is 0 Å². The molecule has 28 heavy (non-hydrogen) atoms. The number of amides is 2. The molecule has 0 spiro atoms. The predicted octanol–water partition coefficient (Wildman–Crippen LogP) is 4.59. The highest BCUT2D eigenvalue weighted by molar-refractivity contribution is 5.74. The first kappa shape index (κ1) is 21.8. The quantitative estimate of drug-likeness (QED) is 0.654. The van der Waals surface area contributed by atoms with Crippen molar-refractivity contribution in [1.29, 1.82) is 0 Å². The second-order valence-electron chi connectivity index (χ2n) is 6.68. The third-order valence-electron chi connectivity index (χ3n) is 4.10. The minimum atomic E-state index is -4.32. The first-order chi connectivity index (χ1) is 13.3. The number of alkyl halides is 3. The Morgan fingerprint density at radius 3 is 2.29 bits per heavy atom. The molecule has 1 atom stereocenters. The van der Waals surface area contributed by atoms with Gasteiger partial charge in [0.2, 0.25) is 0 Å². The zero-order valence-electron chi connectivity index (χ0n) is 15.8. The van der Waals surface area contributed by atoms with Crippen LogP contribution in [0.4, 0.5) is 18.0 Å². The van der Waals surface area contributed by atoms with Crippen LogP contribution in [0.2, 0.25) is 0 Å². The Labute approximate surface area is 163 Å². The molecule has 2 amide bonds. The highest BCUT2D eigenvalue weighted by Gasteiger charge is 2.27. The number of ether oxygens (including phenoxy) is 1. The number of benzene rings is 2. The minimum Gasteiger partial charge on any atom is -0.367 e. The third-order valence-corrected chi connectivity index (χ3v) is 4.10. The summed E-state index contributed by atoms with van der Waals surface area (Å²) < 4.78 is 40.8. The van der Waals surface area contributed by atoms with E-state index in [-0.39, 0.29) is 18.7 Å². The van der Waals surface area contributed by atoms with Gasteiger partial charge in [0.1, 0.15) is 6.61 Å². The second-order valence-corrected chi connectivity index (χ2v) is 6.68. The number of urea groups is 1. The molecule has 0 aliphatic heterocycles. The third kappa shape index (κ3) is 8.90. The zero-order chi connectivity index (χ0) is 20.4. The van der Waals surface area contributed by atoms with Gasteiger partial charge in [0.15, 0.2) is 0 Å². The van der Waals surface area contributed by atoms with E-state index < -0.39 is 12.8 Å². The summed E-state index contributed by atoms with van der Waals surface area (Å²) in [6, 6.07) is 16.8. The highest BCUT2D eigenvalue weighted by Crippen LogP contribution is 2.15. The topological polar surface area (TPSA) is 50.4 Å². The molecule has 0 saturated heterocycles. The van der Waals surface area contributed by atoms with Crippen molar-refractivity contribution in [2.24, 2.45) is 0 Å². The number of carbonyl (C=O) groups is 1. The molecule has 2 aromatic carbocycles. The summed E-state index contributed by atoms with van der Waals surface area (Å²) in [6.45, 7) is 0.921. The Morgan fingerprint density at radius 2 is 1.64 bits per heavy atom. The summed E-state index contributed by atoms with van der Waals surface area (Å²) in [5.41, 5.74) is 2.73. The maximum absolute atomic E-state index is 12.1. The van der Waals surface area contributed by atoms with E-state index in [0.29, 0.717) is 12.1 Å². The fraction of sp³-hybridized carbons (Fsp3) is 0.381. The molecule has 0 bridgehead atoms. The van der Waals surface area contributed by atoms with Crippen molar-refractivity contribution in [3.63, 3.8) is 0 Å². The van der Waals surface area contributed by atoms with Crippen LogP contribution in [0.3, 0.4) is 0 Å². The lowest BCUT2D eigenvalue weighted by Gasteiger charge is -2.15. The first-order valence-corrected chi connectivity index (χ1v) is 9.12. The standard InChI is InChI=1S/C21H25F3N2O2/c1-16(7-8-17-5-3-2-4-6-17)26-20(27)25-13-18-9-11-19(12-10-18)14-28-15-21(22,23)24/h2-6,9-12,16H,7-8,13-15H2,1H3,(H2,25,26,27). The summed E-state index contributed by atoms with van der Waals surface area (Å²) >= 11 is 0. The highest BCUT2D eigenvalue weighted by atomic mass is 19.4. The van der Waals surface area contributed by atoms with Gasteiger partial charge in [-0.05, 0) is 36.5 Å². The molecular formula is C21H25F3N2O2. The predicted molar refractivity (Wildman–Crippen MR) is 102 cm³/mol. The van der Waals surface area contributed by atoms with E-state index in [0.717, 1.165) is 18.4 Å². The number of carbonyl (C=O) groups excluding carboxylic acids is 1. The molecule has 0 aliphatic rings. The van der Waals surface area contributed by atoms with Gasteiger partial charge in [-0.25, -0.2) is 4.79 Å². The average molecular weight is 394 g/mol. The number of aryl methyl sites for hydroxylation is 1. The van der Waals surface area contributed by atoms with E-state index in [1.165, 1.54) is 5.56 Å². The summed E-state index contributed by atoms with van der Waals surface area (Å²) in [5.74, 6) is 0. The molecule has 152 valence electrons. The van der Waals surface area contributed by atoms with Crippen LogP contribution >= 0.6 is 0 Å². The van der Waals surface area contributed by atoms with Crippen LogP contribution in [-0.2, 0) is 24.3 Å². The Bertz CT molecular complexity index is 719. The molecule has 0 aliphatic carbocycles. The van der Waals surface area contributed by atoms with Crippen molar-refractivity contribution in [3.05, 3.63) is 71.3 Å². The van der Waals surface area contributed by atoms with Crippen LogP contribution in [0.1, 0.15) is 30.0 Å². The van der Waals surface area contributed by atoms with Crippen LogP contribution in [0.15, 0.2) is 54.6 Å². The van der Waals surface area contributed by atoms with Gasteiger partial charge in [-0.3, -0.25) is 0 Å². The Hall–Kier alpha value is -2.54. The minimum absolute atomic E-state index is 0.0355. The van der Waals surface area contributed by atoms with Crippen molar-refractivity contribution in [1.82, 2.24) is 10.6 Å². The number of halogens is 3. The molecular weight excluding hydrogens is 369 g/mol. The van der Waals surface area contributed by atoms with Gasteiger partial charge < -0.3 is 15.4 Å². The summed E-state index contributed by atoms with van der Waals surface area (Å²) in [4.78, 5) is 12.0. The Morgan fingerprint density at radius 1 is 1.00 bits per heavy atom. The molecule has 2 N–H and O–H groups in total. The molecule has 0 saturated carbocycles. The van der Waals surface area contributed by atoms with Crippen LogP contribution in [0.25, 0.3) is 0 Å². The van der Waals surface area contributed by atoms with Crippen LogP contribution < -0.4 is 10.6 Å². The molecule has 0 heterocycles. The molecule has 0 fully saturated rings. The van der Waals surface area contributed by atoms with E-state index in [2.05, 4.69) is 27.5 Å². The van der Waals surface area contributed by atoms with Gasteiger partial charge in [0.05, 0.1) is 6.61 Å². The van der Waals surface area contributed by atoms with Crippen molar-refractivity contribution in [2.75, 3.05) is 6.61 Å². The SMILES string of the molecule is CC(CCc1ccccc1)NC(=O)NCc1ccc(COCC(F)(F)F)cc1. The molecule has 1 unspecified atom stereocenters. The Balaban J connectivity index is 1.66. The summed E-state index contributed by atoms with van der Waals surface area (Å²) in [5, 5.41) is 5.68. The zero-order valence-corrected chi connectivity index (χ0v) is 15.8. The normalized spacial score (nSPS) is 12.4. The van der Waals surface area contributed by atoms with Gasteiger partial charge in [-0.2, -0.15) is 13.2 Å². The lowest BCUT2D eigenvalue weighted by atomic mass is 10.1. The smallest absolute Gasteiger partial charge is 0.367 e. The number of hydrogen-bond donors (Lipinski definition) is 2. The van der Waals surface area contributed by atoms with Crippen molar-refractivity contribution in [2.45, 2.75) is 45.1 Å². The van der Waals surface area contributed by atoms with E-state index in [4.69, 9.17) is 0 Å². The molecule has 4 nitrogen and oxygen atoms in total. The van der Waals surface area contributed by atoms with Crippen molar-refractivity contribution >= 4 is 6.03 Å². The van der Waals surface area contributed by atoms with E-state index in [1.54, 1.807) is 24.3 Å². The number of rotatable bonds is 9. The van der Waals surface area contributed by atoms with Crippen molar-refractivity contribution < 1.29 is 22.7 Å². The van der Waals surface area contributed by atoms with Gasteiger partial charge in [-0.1, -0.05) is 54.6 Å². The molecule has 2 aromatic rings. The number of hydrogen-bond acceptors (Lipinski definition) is 2. The van der Waals surface area contributed by atoms with Crippen LogP contribution in [-0.4, -0.2) is 24.9 Å². The molecule has 0 radical (unpaired) electrons. The van der Waals surface area contributed by atoms with Crippen LogP contribution in [0, 0.1) is 0 Å². The number of nitrogens with one attached hydrogen (secondary N) is 2. The average Bonchev–Trinajstić information content (AvgIpc) is 2.65. The fourth-order valence-electron chi connectivity index (χ4n) is 2.60. The van der Waals surface area contributed by atoms with E-state index in [9.17, 15) is 18.0 Å². The van der Waals surface area contributed by atoms with E-state index in [1.807, 2.05) is 25.1 Å². The Kier molecular flexibility index (Phi) is 8.32. The first-order valence-electron chi connectivity index (χ1n) is 9.12. The van der Waals surface area contributed by atoms with E-state index >= 15 is 0 Å². The fourth-order valence-corrected chi connectivity index (χ4v) is 2.60. The lowest BCUT2D eigenvalue weighted by molar-refractivity contribution is -0.176. The maximum atomic E-state index is 12.1. The molecule has 2 rings (SSSR count). The van der Waals surface area contributed by atoms with Gasteiger partial charge >= 0.3 is 12.2 Å². The summed E-state index contributed by atoms with van der Waals surface area (Å²) in [7, 11) is 0. The molecule has 7 heteroatoms. The summed E-state index contributed by atoms with van der Waals surface area (Å²) in [6.07, 6.45) is -2.60. The monoisotopic (exact) mass is 394 g/mol. The maximum Gasteiger partial charge on any atom is 0.411 e. The second kappa shape index (κ2) is 10.7. The largest absolute Gasteiger partial charge is 0.411 e. The lowest BCUT2D eigenvalue weighted by Crippen LogP contribution is -2.40. The molecule has 0 aromatic heterocycles.